The van der Waals surface area contributed by atoms with Crippen LogP contribution in [0.5, 0.6) is 0 Å². The lowest BCUT2D eigenvalue weighted by Gasteiger charge is -2.20. The lowest BCUT2D eigenvalue weighted by atomic mass is 10.1. The van der Waals surface area contributed by atoms with Crippen molar-refractivity contribution in [1.29, 1.82) is 0 Å². The molecule has 28 heavy (non-hydrogen) atoms. The van der Waals surface area contributed by atoms with Crippen molar-refractivity contribution >= 4 is 17.7 Å². The summed E-state index contributed by atoms with van der Waals surface area (Å²) in [4.78, 5) is 18.9. The molecule has 0 spiro atoms. The lowest BCUT2D eigenvalue weighted by Crippen LogP contribution is -2.33. The summed E-state index contributed by atoms with van der Waals surface area (Å²) in [5, 5.41) is 0.0940. The van der Waals surface area contributed by atoms with Crippen molar-refractivity contribution in [2.24, 2.45) is 0 Å². The van der Waals surface area contributed by atoms with Crippen LogP contribution >= 0.6 is 11.8 Å². The number of hydrogen-bond acceptors (Lipinski definition) is 3. The van der Waals surface area contributed by atoms with E-state index in [-0.39, 0.29) is 17.0 Å². The summed E-state index contributed by atoms with van der Waals surface area (Å²) in [5.41, 5.74) is 2.56. The Kier molecular flexibility index (Phi) is 5.76. The van der Waals surface area contributed by atoms with Crippen molar-refractivity contribution in [1.82, 2.24) is 14.5 Å². The van der Waals surface area contributed by atoms with Gasteiger partial charge in [0.05, 0.1) is 6.33 Å². The molecule has 1 fully saturated rings. The van der Waals surface area contributed by atoms with Crippen LogP contribution in [0.2, 0.25) is 0 Å². The van der Waals surface area contributed by atoms with Crippen LogP contribution in [0.1, 0.15) is 33.2 Å². The molecule has 0 radical (unpaired) electrons. The highest BCUT2D eigenvalue weighted by Gasteiger charge is 2.24. The van der Waals surface area contributed by atoms with Crippen LogP contribution < -0.4 is 0 Å². The Hall–Kier alpha value is -2.60. The topological polar surface area (TPSA) is 38.1 Å². The van der Waals surface area contributed by atoms with Crippen LogP contribution in [-0.2, 0) is 6.54 Å². The molecule has 1 saturated heterocycles. The summed E-state index contributed by atoms with van der Waals surface area (Å²) in [6.45, 7) is 2.06. The van der Waals surface area contributed by atoms with E-state index >= 15 is 0 Å². The van der Waals surface area contributed by atoms with Crippen LogP contribution in [0.15, 0.2) is 67.3 Å². The monoisotopic (exact) mass is 395 g/mol. The van der Waals surface area contributed by atoms with Gasteiger partial charge in [-0.2, -0.15) is 11.8 Å². The first-order valence-electron chi connectivity index (χ1n) is 9.41. The van der Waals surface area contributed by atoms with E-state index in [2.05, 4.69) is 4.98 Å². The van der Waals surface area contributed by atoms with E-state index in [1.54, 1.807) is 30.4 Å². The van der Waals surface area contributed by atoms with Gasteiger partial charge in [-0.05, 0) is 30.2 Å². The summed E-state index contributed by atoms with van der Waals surface area (Å²) in [7, 11) is 0. The van der Waals surface area contributed by atoms with Gasteiger partial charge in [0.25, 0.3) is 5.91 Å². The van der Waals surface area contributed by atoms with E-state index in [9.17, 15) is 9.18 Å². The van der Waals surface area contributed by atoms with E-state index in [1.165, 1.54) is 6.07 Å². The molecule has 1 aliphatic heterocycles. The van der Waals surface area contributed by atoms with Gasteiger partial charge < -0.3 is 9.47 Å². The van der Waals surface area contributed by atoms with E-state index < -0.39 is 0 Å². The highest BCUT2D eigenvalue weighted by molar-refractivity contribution is 7.99. The van der Waals surface area contributed by atoms with Crippen LogP contribution in [-0.4, -0.2) is 39.2 Å². The molecule has 1 aromatic heterocycles. The van der Waals surface area contributed by atoms with Gasteiger partial charge in [-0.25, -0.2) is 9.37 Å². The molecular weight excluding hydrogens is 373 g/mol. The number of nitrogens with zero attached hydrogens (tertiary/aromatic N) is 3. The Morgan fingerprint density at radius 1 is 1.14 bits per heavy atom. The van der Waals surface area contributed by atoms with Crippen molar-refractivity contribution in [3.63, 3.8) is 0 Å². The van der Waals surface area contributed by atoms with Crippen molar-refractivity contribution in [2.45, 2.75) is 18.2 Å². The van der Waals surface area contributed by atoms with Gasteiger partial charge in [-0.1, -0.05) is 30.3 Å². The predicted octanol–water partition coefficient (Wildman–Crippen LogP) is 4.39. The fourth-order valence-electron chi connectivity index (χ4n) is 3.48. The molecule has 0 saturated carbocycles. The summed E-state index contributed by atoms with van der Waals surface area (Å²) >= 11 is 1.73. The number of hydrogen-bond donors (Lipinski definition) is 0. The minimum atomic E-state index is -0.159. The molecule has 4 rings (SSSR count). The number of carbonyl (C=O) groups excluding carboxylic acids is 1. The van der Waals surface area contributed by atoms with E-state index in [0.717, 1.165) is 29.8 Å². The zero-order valence-electron chi connectivity index (χ0n) is 15.5. The zero-order valence-corrected chi connectivity index (χ0v) is 16.3. The molecule has 6 heteroatoms. The minimum absolute atomic E-state index is 0.0453. The Balaban J connectivity index is 1.40. The maximum absolute atomic E-state index is 14.1. The average Bonchev–Trinajstić information content (AvgIpc) is 3.10. The summed E-state index contributed by atoms with van der Waals surface area (Å²) in [6.07, 6.45) is 6.21. The molecule has 1 atom stereocenters. The first-order valence-corrected chi connectivity index (χ1v) is 10.5. The van der Waals surface area contributed by atoms with Crippen molar-refractivity contribution in [2.75, 3.05) is 18.8 Å². The molecule has 2 heterocycles. The lowest BCUT2D eigenvalue weighted by molar-refractivity contribution is 0.0766. The maximum Gasteiger partial charge on any atom is 0.253 e. The first-order chi connectivity index (χ1) is 13.7. The van der Waals surface area contributed by atoms with Crippen LogP contribution in [0.4, 0.5) is 4.39 Å². The van der Waals surface area contributed by atoms with Crippen molar-refractivity contribution in [3.8, 4) is 0 Å². The third-order valence-corrected chi connectivity index (χ3v) is 6.32. The smallest absolute Gasteiger partial charge is 0.253 e. The molecule has 0 unspecified atom stereocenters. The molecule has 2 aromatic carbocycles. The van der Waals surface area contributed by atoms with Crippen LogP contribution in [0, 0.1) is 5.82 Å². The largest absolute Gasteiger partial charge is 0.338 e. The highest BCUT2D eigenvalue weighted by Crippen LogP contribution is 2.35. The summed E-state index contributed by atoms with van der Waals surface area (Å²) in [6, 6.07) is 14.7. The zero-order chi connectivity index (χ0) is 19.3. The van der Waals surface area contributed by atoms with Gasteiger partial charge in [-0.15, -0.1) is 0 Å². The van der Waals surface area contributed by atoms with Crippen molar-refractivity contribution in [3.05, 3.63) is 89.8 Å². The number of aromatic nitrogens is 2. The molecule has 4 nitrogen and oxygen atoms in total. The van der Waals surface area contributed by atoms with Gasteiger partial charge in [-0.3, -0.25) is 4.79 Å². The molecule has 0 aliphatic carbocycles. The van der Waals surface area contributed by atoms with Gasteiger partial charge in [0.1, 0.15) is 5.82 Å². The fourth-order valence-corrected chi connectivity index (χ4v) is 4.74. The van der Waals surface area contributed by atoms with E-state index in [1.807, 2.05) is 52.1 Å². The Labute approximate surface area is 168 Å². The molecule has 3 aromatic rings. The van der Waals surface area contributed by atoms with E-state index in [0.29, 0.717) is 18.7 Å². The Morgan fingerprint density at radius 3 is 2.71 bits per heavy atom. The quantitative estimate of drug-likeness (QED) is 0.658. The second-order valence-corrected chi connectivity index (χ2v) is 8.20. The normalized spacial score (nSPS) is 17.3. The third-order valence-electron chi connectivity index (χ3n) is 5.01. The number of benzene rings is 2. The molecular formula is C22H22FN3OS. The standard InChI is InChI=1S/C22H22FN3OS/c23-20-4-2-1-3-19(20)21-9-11-26(13-14-28-21)22(27)18-7-5-17(6-8-18)15-25-12-10-24-16-25/h1-8,10,12,16,21H,9,11,13-15H2/t21-/m0/s1. The predicted molar refractivity (Wildman–Crippen MR) is 110 cm³/mol. The molecule has 0 N–H and O–H groups in total. The number of halogens is 1. The number of thioether (sulfide) groups is 1. The maximum atomic E-state index is 14.1. The molecule has 1 aliphatic rings. The fraction of sp³-hybridized carbons (Fsp3) is 0.273. The third kappa shape index (κ3) is 4.28. The molecule has 0 bridgehead atoms. The SMILES string of the molecule is O=C(c1ccc(Cn2ccnc2)cc1)N1CCS[C@H](c2ccccc2F)CC1. The van der Waals surface area contributed by atoms with Gasteiger partial charge >= 0.3 is 0 Å². The molecule has 1 amide bonds. The van der Waals surface area contributed by atoms with E-state index in [4.69, 9.17) is 0 Å². The van der Waals surface area contributed by atoms with Gasteiger partial charge in [0.2, 0.25) is 0 Å². The Morgan fingerprint density at radius 2 is 1.96 bits per heavy atom. The number of rotatable bonds is 4. The summed E-state index contributed by atoms with van der Waals surface area (Å²) in [5.74, 6) is 0.695. The summed E-state index contributed by atoms with van der Waals surface area (Å²) < 4.78 is 16.1. The number of imidazole rings is 1. The Bertz CT molecular complexity index is 927. The second kappa shape index (κ2) is 8.61. The van der Waals surface area contributed by atoms with Gasteiger partial charge in [0, 0.05) is 54.2 Å². The van der Waals surface area contributed by atoms with Crippen LogP contribution in [0.25, 0.3) is 0 Å². The van der Waals surface area contributed by atoms with Crippen LogP contribution in [0.3, 0.4) is 0 Å². The average molecular weight is 396 g/mol. The highest BCUT2D eigenvalue weighted by atomic mass is 32.2. The van der Waals surface area contributed by atoms with Gasteiger partial charge in [0.15, 0.2) is 0 Å². The first kappa shape index (κ1) is 18.7. The van der Waals surface area contributed by atoms with Crippen molar-refractivity contribution < 1.29 is 9.18 Å². The molecule has 144 valence electrons. The second-order valence-electron chi connectivity index (χ2n) is 6.89. The number of carbonyl (C=O) groups is 1. The number of amides is 1. The minimum Gasteiger partial charge on any atom is -0.338 e.